The molecule has 0 saturated carbocycles. The maximum absolute atomic E-state index is 13.8. The van der Waals surface area contributed by atoms with Gasteiger partial charge in [0.25, 0.3) is 5.56 Å². The number of nitrogens with zero attached hydrogens (tertiary/aromatic N) is 2. The second kappa shape index (κ2) is 11.5. The van der Waals surface area contributed by atoms with Gasteiger partial charge in [-0.15, -0.1) is 0 Å². The Labute approximate surface area is 240 Å². The van der Waals surface area contributed by atoms with Crippen LogP contribution in [0.4, 0.5) is 0 Å². The Morgan fingerprint density at radius 1 is 1.05 bits per heavy atom. The van der Waals surface area contributed by atoms with E-state index in [0.717, 1.165) is 16.7 Å². The van der Waals surface area contributed by atoms with Crippen molar-refractivity contribution in [1.29, 1.82) is 0 Å². The van der Waals surface area contributed by atoms with Crippen LogP contribution < -0.4 is 14.9 Å². The summed E-state index contributed by atoms with van der Waals surface area (Å²) in [6.45, 7) is 7.96. The van der Waals surface area contributed by atoms with Crippen molar-refractivity contribution in [3.05, 3.63) is 114 Å². The van der Waals surface area contributed by atoms with Crippen molar-refractivity contribution in [2.75, 3.05) is 13.7 Å². The van der Waals surface area contributed by atoms with Crippen LogP contribution in [0.15, 0.2) is 86.1 Å². The summed E-state index contributed by atoms with van der Waals surface area (Å²) in [7, 11) is 1.34. The third-order valence-corrected chi connectivity index (χ3v) is 7.91. The van der Waals surface area contributed by atoms with Gasteiger partial charge in [0, 0.05) is 11.6 Å². The van der Waals surface area contributed by atoms with Gasteiger partial charge < -0.3 is 13.9 Å². The van der Waals surface area contributed by atoms with Gasteiger partial charge in [-0.2, -0.15) is 0 Å². The Bertz CT molecular complexity index is 1820. The van der Waals surface area contributed by atoms with E-state index in [-0.39, 0.29) is 12.2 Å². The molecular weight excluding hydrogens is 540 g/mol. The molecule has 1 atom stereocenters. The van der Waals surface area contributed by atoms with Crippen LogP contribution in [0.25, 0.3) is 17.4 Å². The predicted molar refractivity (Wildman–Crippen MR) is 156 cm³/mol. The highest BCUT2D eigenvalue weighted by molar-refractivity contribution is 7.07. The number of methoxy groups -OCH3 is 1. The van der Waals surface area contributed by atoms with E-state index in [9.17, 15) is 14.4 Å². The lowest BCUT2D eigenvalue weighted by molar-refractivity contribution is -0.139. The molecule has 0 spiro atoms. The number of hydrogen-bond acceptors (Lipinski definition) is 8. The highest BCUT2D eigenvalue weighted by Gasteiger charge is 2.33. The van der Waals surface area contributed by atoms with Gasteiger partial charge in [-0.05, 0) is 55.2 Å². The summed E-state index contributed by atoms with van der Waals surface area (Å²) in [6.07, 6.45) is 1.68. The van der Waals surface area contributed by atoms with Gasteiger partial charge in [0.15, 0.2) is 4.80 Å². The quantitative estimate of drug-likeness (QED) is 0.291. The first kappa shape index (κ1) is 28.0. The third kappa shape index (κ3) is 5.45. The van der Waals surface area contributed by atoms with Crippen molar-refractivity contribution in [3.63, 3.8) is 0 Å². The van der Waals surface area contributed by atoms with E-state index in [0.29, 0.717) is 43.6 Å². The molecule has 41 heavy (non-hydrogen) atoms. The van der Waals surface area contributed by atoms with Crippen LogP contribution in [0.3, 0.4) is 0 Å². The van der Waals surface area contributed by atoms with Gasteiger partial charge in [0.2, 0.25) is 0 Å². The summed E-state index contributed by atoms with van der Waals surface area (Å²) < 4.78 is 18.1. The predicted octanol–water partition coefficient (Wildman–Crippen LogP) is 4.97. The Morgan fingerprint density at radius 2 is 1.76 bits per heavy atom. The van der Waals surface area contributed by atoms with E-state index < -0.39 is 18.0 Å². The summed E-state index contributed by atoms with van der Waals surface area (Å²) in [6, 6.07) is 17.7. The fourth-order valence-electron chi connectivity index (χ4n) is 4.77. The highest BCUT2D eigenvalue weighted by atomic mass is 32.1. The summed E-state index contributed by atoms with van der Waals surface area (Å²) in [5.41, 5.74) is 3.77. The number of rotatable bonds is 7. The second-order valence-corrected chi connectivity index (χ2v) is 10.9. The fraction of sp³-hybridized carbons (Fsp3) is 0.250. The molecule has 0 radical (unpaired) electrons. The summed E-state index contributed by atoms with van der Waals surface area (Å²) >= 11 is 1.24. The zero-order chi connectivity index (χ0) is 29.3. The van der Waals surface area contributed by atoms with Crippen LogP contribution in [-0.4, -0.2) is 30.2 Å². The number of carbonyl (C=O) groups excluding carboxylic acids is 2. The minimum atomic E-state index is -0.672. The average molecular weight is 571 g/mol. The lowest BCUT2D eigenvalue weighted by Gasteiger charge is -2.25. The normalized spacial score (nSPS) is 15.1. The molecule has 5 rings (SSSR count). The fourth-order valence-corrected chi connectivity index (χ4v) is 5.80. The molecule has 0 saturated heterocycles. The molecule has 3 heterocycles. The molecular formula is C32H30N2O6S. The zero-order valence-corrected chi connectivity index (χ0v) is 24.3. The van der Waals surface area contributed by atoms with Crippen LogP contribution in [0.5, 0.6) is 0 Å². The minimum Gasteiger partial charge on any atom is -0.465 e. The van der Waals surface area contributed by atoms with Crippen LogP contribution in [0.2, 0.25) is 0 Å². The first-order chi connectivity index (χ1) is 19.7. The maximum Gasteiger partial charge on any atom is 0.338 e. The summed E-state index contributed by atoms with van der Waals surface area (Å²) in [5.74, 6) is 0.514. The van der Waals surface area contributed by atoms with E-state index in [2.05, 4.69) is 18.8 Å². The molecule has 9 heteroatoms. The smallest absolute Gasteiger partial charge is 0.338 e. The Balaban J connectivity index is 1.57. The van der Waals surface area contributed by atoms with Crippen molar-refractivity contribution in [1.82, 2.24) is 4.57 Å². The number of aromatic nitrogens is 1. The molecule has 0 bridgehead atoms. The average Bonchev–Trinajstić information content (AvgIpc) is 3.56. The first-order valence-corrected chi connectivity index (χ1v) is 14.1. The molecule has 4 aromatic rings. The number of ether oxygens (including phenoxy) is 2. The van der Waals surface area contributed by atoms with Crippen molar-refractivity contribution in [2.45, 2.75) is 39.7 Å². The van der Waals surface area contributed by atoms with Crippen molar-refractivity contribution in [3.8, 4) is 11.3 Å². The molecule has 0 fully saturated rings. The SMILES string of the molecule is CCOC(=O)C1=C(C)N=c2s/c(=C\c3ccc(-c4ccc(C(=O)OC)cc4)o3)c(=O)n2C1c1ccc(C(C)C)cc1. The van der Waals surface area contributed by atoms with E-state index in [1.807, 2.05) is 24.3 Å². The van der Waals surface area contributed by atoms with Gasteiger partial charge in [0.1, 0.15) is 11.5 Å². The van der Waals surface area contributed by atoms with Crippen LogP contribution >= 0.6 is 11.3 Å². The maximum atomic E-state index is 13.8. The number of esters is 2. The van der Waals surface area contributed by atoms with E-state index in [4.69, 9.17) is 13.9 Å². The number of carbonyl (C=O) groups is 2. The summed E-state index contributed by atoms with van der Waals surface area (Å²) in [5, 5.41) is 0. The highest BCUT2D eigenvalue weighted by Crippen LogP contribution is 2.31. The van der Waals surface area contributed by atoms with Gasteiger partial charge in [0.05, 0.1) is 41.1 Å². The number of furan rings is 1. The van der Waals surface area contributed by atoms with Crippen molar-refractivity contribution < 1.29 is 23.5 Å². The number of allylic oxidation sites excluding steroid dienone is 1. The first-order valence-electron chi connectivity index (χ1n) is 13.3. The third-order valence-electron chi connectivity index (χ3n) is 6.93. The number of thiazole rings is 1. The van der Waals surface area contributed by atoms with Gasteiger partial charge in [-0.1, -0.05) is 61.6 Å². The molecule has 2 aromatic heterocycles. The van der Waals surface area contributed by atoms with Crippen LogP contribution in [0, 0.1) is 0 Å². The molecule has 1 unspecified atom stereocenters. The molecule has 1 aliphatic heterocycles. The van der Waals surface area contributed by atoms with Gasteiger partial charge >= 0.3 is 11.9 Å². The number of fused-ring (bicyclic) bond motifs is 1. The summed E-state index contributed by atoms with van der Waals surface area (Å²) in [4.78, 5) is 43.8. The van der Waals surface area contributed by atoms with Gasteiger partial charge in [-0.3, -0.25) is 9.36 Å². The lowest BCUT2D eigenvalue weighted by atomic mass is 9.93. The minimum absolute atomic E-state index is 0.214. The molecule has 1 aliphatic rings. The zero-order valence-electron chi connectivity index (χ0n) is 23.5. The topological polar surface area (TPSA) is 100 Å². The lowest BCUT2D eigenvalue weighted by Crippen LogP contribution is -2.39. The van der Waals surface area contributed by atoms with Crippen LogP contribution in [0.1, 0.15) is 66.9 Å². The van der Waals surface area contributed by atoms with E-state index in [1.54, 1.807) is 60.9 Å². The molecule has 0 amide bonds. The molecule has 8 nitrogen and oxygen atoms in total. The Kier molecular flexibility index (Phi) is 7.90. The standard InChI is InChI=1S/C32H30N2O6S/c1-6-39-31(37)27-19(4)33-32-34(28(27)22-11-7-20(8-12-22)18(2)3)29(35)26(41-32)17-24-15-16-25(40-24)21-9-13-23(14-10-21)30(36)38-5/h7-18,28H,6H2,1-5H3/b26-17-. The largest absolute Gasteiger partial charge is 0.465 e. The molecule has 0 aliphatic carbocycles. The van der Waals surface area contributed by atoms with Crippen LogP contribution in [-0.2, 0) is 14.3 Å². The Hall–Kier alpha value is -4.50. The van der Waals surface area contributed by atoms with Crippen molar-refractivity contribution in [2.24, 2.45) is 4.99 Å². The number of hydrogen-bond donors (Lipinski definition) is 0. The van der Waals surface area contributed by atoms with E-state index >= 15 is 0 Å². The number of benzene rings is 2. The molecule has 2 aromatic carbocycles. The molecule has 0 N–H and O–H groups in total. The Morgan fingerprint density at radius 3 is 2.39 bits per heavy atom. The molecule has 210 valence electrons. The van der Waals surface area contributed by atoms with Gasteiger partial charge in [-0.25, -0.2) is 14.6 Å². The van der Waals surface area contributed by atoms with E-state index in [1.165, 1.54) is 18.4 Å². The van der Waals surface area contributed by atoms with Crippen molar-refractivity contribution >= 4 is 29.4 Å². The second-order valence-electron chi connectivity index (χ2n) is 9.89. The monoisotopic (exact) mass is 570 g/mol.